The summed E-state index contributed by atoms with van der Waals surface area (Å²) >= 11 is 6.24. The van der Waals surface area contributed by atoms with Gasteiger partial charge in [0.2, 0.25) is 10.0 Å². The second kappa shape index (κ2) is 10.3. The Bertz CT molecular complexity index is 1040. The molecule has 2 heterocycles. The minimum Gasteiger partial charge on any atom is -0.379 e. The molecule has 0 spiro atoms. The van der Waals surface area contributed by atoms with Crippen LogP contribution in [0.4, 0.5) is 0 Å². The molecular formula is C23H28ClN3O4S. The molecule has 9 heteroatoms. The summed E-state index contributed by atoms with van der Waals surface area (Å²) in [5, 5.41) is 3.22. The first-order valence-corrected chi connectivity index (χ1v) is 12.7. The molecular weight excluding hydrogens is 450 g/mol. The molecule has 4 rings (SSSR count). The minimum absolute atomic E-state index is 0.0156. The lowest BCUT2D eigenvalue weighted by Gasteiger charge is -2.31. The van der Waals surface area contributed by atoms with Gasteiger partial charge in [0.05, 0.1) is 24.3 Å². The number of carbonyl (C=O) groups is 1. The Morgan fingerprint density at radius 2 is 1.72 bits per heavy atom. The summed E-state index contributed by atoms with van der Waals surface area (Å²) in [6.07, 6.45) is 1.66. The summed E-state index contributed by atoms with van der Waals surface area (Å²) in [7, 11) is -3.73. The number of hydrogen-bond donors (Lipinski definition) is 1. The Balaban J connectivity index is 1.56. The van der Waals surface area contributed by atoms with E-state index in [1.807, 2.05) is 30.3 Å². The standard InChI is InChI=1S/C23H28ClN3O4S/c24-20-9-8-19(16-22(20)32(29,30)27-10-4-5-11-27)23(28)25-21(18-6-2-1-3-7-18)17-26-12-14-31-15-13-26/h1-3,6-9,16,21H,4-5,10-15,17H2,(H,25,28)/t21-/m1/s1. The van der Waals surface area contributed by atoms with Crippen molar-refractivity contribution in [3.8, 4) is 0 Å². The number of nitrogens with zero attached hydrogens (tertiary/aromatic N) is 2. The van der Waals surface area contributed by atoms with E-state index in [2.05, 4.69) is 10.2 Å². The van der Waals surface area contributed by atoms with Crippen LogP contribution in [0.1, 0.15) is 34.8 Å². The van der Waals surface area contributed by atoms with E-state index >= 15 is 0 Å². The van der Waals surface area contributed by atoms with Crippen LogP contribution in [0.3, 0.4) is 0 Å². The highest BCUT2D eigenvalue weighted by atomic mass is 35.5. The van der Waals surface area contributed by atoms with Gasteiger partial charge in [-0.05, 0) is 36.6 Å². The highest BCUT2D eigenvalue weighted by Gasteiger charge is 2.30. The van der Waals surface area contributed by atoms with Crippen LogP contribution in [0.25, 0.3) is 0 Å². The van der Waals surface area contributed by atoms with Crippen molar-refractivity contribution < 1.29 is 17.9 Å². The molecule has 2 aliphatic heterocycles. The topological polar surface area (TPSA) is 79.0 Å². The summed E-state index contributed by atoms with van der Waals surface area (Å²) in [5.74, 6) is -0.332. The Hall–Kier alpha value is -1.97. The van der Waals surface area contributed by atoms with E-state index in [1.54, 1.807) is 6.07 Å². The van der Waals surface area contributed by atoms with Crippen LogP contribution in [-0.4, -0.2) is 69.5 Å². The SMILES string of the molecule is O=C(N[C@H](CN1CCOCC1)c1ccccc1)c1ccc(Cl)c(S(=O)(=O)N2CCCC2)c1. The lowest BCUT2D eigenvalue weighted by Crippen LogP contribution is -2.43. The third-order valence-corrected chi connectivity index (χ3v) is 8.31. The van der Waals surface area contributed by atoms with Gasteiger partial charge in [-0.1, -0.05) is 41.9 Å². The van der Waals surface area contributed by atoms with Crippen LogP contribution in [0, 0.1) is 0 Å². The highest BCUT2D eigenvalue weighted by Crippen LogP contribution is 2.28. The van der Waals surface area contributed by atoms with Gasteiger partial charge in [0.25, 0.3) is 5.91 Å². The Morgan fingerprint density at radius 1 is 1.03 bits per heavy atom. The molecule has 2 aliphatic rings. The number of carbonyl (C=O) groups excluding carboxylic acids is 1. The fourth-order valence-electron chi connectivity index (χ4n) is 4.11. The first kappa shape index (κ1) is 23.2. The maximum atomic E-state index is 13.2. The maximum Gasteiger partial charge on any atom is 0.251 e. The highest BCUT2D eigenvalue weighted by molar-refractivity contribution is 7.89. The third kappa shape index (κ3) is 5.32. The van der Waals surface area contributed by atoms with Crippen LogP contribution in [-0.2, 0) is 14.8 Å². The summed E-state index contributed by atoms with van der Waals surface area (Å²) in [6, 6.07) is 14.0. The van der Waals surface area contributed by atoms with Gasteiger partial charge in [0, 0.05) is 38.3 Å². The molecule has 2 aromatic rings. The largest absolute Gasteiger partial charge is 0.379 e. The van der Waals surface area contributed by atoms with Crippen LogP contribution in [0.2, 0.25) is 5.02 Å². The van der Waals surface area contributed by atoms with E-state index in [0.717, 1.165) is 31.5 Å². The van der Waals surface area contributed by atoms with Crippen molar-refractivity contribution in [3.05, 3.63) is 64.7 Å². The van der Waals surface area contributed by atoms with E-state index in [-0.39, 0.29) is 27.4 Å². The zero-order chi connectivity index (χ0) is 22.6. The van der Waals surface area contributed by atoms with Crippen molar-refractivity contribution in [2.24, 2.45) is 0 Å². The molecule has 0 saturated carbocycles. The molecule has 0 radical (unpaired) electrons. The van der Waals surface area contributed by atoms with Crippen molar-refractivity contribution >= 4 is 27.5 Å². The van der Waals surface area contributed by atoms with Crippen molar-refractivity contribution in [1.29, 1.82) is 0 Å². The quantitative estimate of drug-likeness (QED) is 0.663. The smallest absolute Gasteiger partial charge is 0.251 e. The van der Waals surface area contributed by atoms with Gasteiger partial charge in [0.15, 0.2) is 0 Å². The van der Waals surface area contributed by atoms with Gasteiger partial charge >= 0.3 is 0 Å². The van der Waals surface area contributed by atoms with Crippen molar-refractivity contribution in [2.45, 2.75) is 23.8 Å². The van der Waals surface area contributed by atoms with Crippen LogP contribution in [0.15, 0.2) is 53.4 Å². The minimum atomic E-state index is -3.73. The number of ether oxygens (including phenoxy) is 1. The fraction of sp³-hybridized carbons (Fsp3) is 0.435. The molecule has 1 amide bonds. The van der Waals surface area contributed by atoms with Crippen molar-refractivity contribution in [1.82, 2.24) is 14.5 Å². The first-order chi connectivity index (χ1) is 15.4. The summed E-state index contributed by atoms with van der Waals surface area (Å²) in [5.41, 5.74) is 1.27. The lowest BCUT2D eigenvalue weighted by atomic mass is 10.1. The third-order valence-electron chi connectivity index (χ3n) is 5.93. The van der Waals surface area contributed by atoms with Crippen LogP contribution in [0.5, 0.6) is 0 Å². The van der Waals surface area contributed by atoms with Gasteiger partial charge < -0.3 is 10.1 Å². The number of morpholine rings is 1. The number of rotatable bonds is 7. The molecule has 0 bridgehead atoms. The average Bonchev–Trinajstić information content (AvgIpc) is 3.36. The van der Waals surface area contributed by atoms with Crippen LogP contribution < -0.4 is 5.32 Å². The van der Waals surface area contributed by atoms with E-state index in [4.69, 9.17) is 16.3 Å². The summed E-state index contributed by atoms with van der Waals surface area (Å²) < 4.78 is 32.9. The number of hydrogen-bond acceptors (Lipinski definition) is 5. The number of nitrogens with one attached hydrogen (secondary N) is 1. The second-order valence-corrected chi connectivity index (χ2v) is 10.4. The molecule has 2 aromatic carbocycles. The molecule has 0 aromatic heterocycles. The van der Waals surface area contributed by atoms with E-state index < -0.39 is 10.0 Å². The van der Waals surface area contributed by atoms with Gasteiger partial charge in [-0.3, -0.25) is 9.69 Å². The van der Waals surface area contributed by atoms with E-state index in [9.17, 15) is 13.2 Å². The summed E-state index contributed by atoms with van der Waals surface area (Å²) in [6.45, 7) is 4.55. The Morgan fingerprint density at radius 3 is 2.41 bits per heavy atom. The van der Waals surface area contributed by atoms with Crippen LogP contribution >= 0.6 is 11.6 Å². The molecule has 1 N–H and O–H groups in total. The Kier molecular flexibility index (Phi) is 7.48. The van der Waals surface area contributed by atoms with Crippen molar-refractivity contribution in [3.63, 3.8) is 0 Å². The maximum absolute atomic E-state index is 13.2. The second-order valence-electron chi connectivity index (χ2n) is 8.11. The van der Waals surface area contributed by atoms with Gasteiger partial charge in [0.1, 0.15) is 4.90 Å². The number of halogens is 1. The molecule has 0 aliphatic carbocycles. The molecule has 172 valence electrons. The summed E-state index contributed by atoms with van der Waals surface area (Å²) in [4.78, 5) is 15.4. The molecule has 32 heavy (non-hydrogen) atoms. The average molecular weight is 478 g/mol. The Labute approximate surface area is 194 Å². The zero-order valence-corrected chi connectivity index (χ0v) is 19.4. The van der Waals surface area contributed by atoms with Gasteiger partial charge in [-0.2, -0.15) is 4.31 Å². The fourth-order valence-corrected chi connectivity index (χ4v) is 6.13. The van der Waals surface area contributed by atoms with Gasteiger partial charge in [-0.25, -0.2) is 8.42 Å². The predicted molar refractivity (Wildman–Crippen MR) is 123 cm³/mol. The van der Waals surface area contributed by atoms with Gasteiger partial charge in [-0.15, -0.1) is 0 Å². The lowest BCUT2D eigenvalue weighted by molar-refractivity contribution is 0.0332. The first-order valence-electron chi connectivity index (χ1n) is 10.9. The normalized spacial score (nSPS) is 19.0. The molecule has 2 saturated heterocycles. The molecule has 1 atom stereocenters. The zero-order valence-electron chi connectivity index (χ0n) is 17.9. The monoisotopic (exact) mass is 477 g/mol. The number of amides is 1. The van der Waals surface area contributed by atoms with E-state index in [1.165, 1.54) is 16.4 Å². The van der Waals surface area contributed by atoms with Crippen molar-refractivity contribution in [2.75, 3.05) is 45.9 Å². The van der Waals surface area contributed by atoms with E-state index in [0.29, 0.717) is 32.8 Å². The predicted octanol–water partition coefficient (Wildman–Crippen LogP) is 2.93. The molecule has 2 fully saturated rings. The number of sulfonamides is 1. The molecule has 7 nitrogen and oxygen atoms in total. The molecule has 0 unspecified atom stereocenters. The number of benzene rings is 2.